The van der Waals surface area contributed by atoms with Crippen molar-refractivity contribution in [3.05, 3.63) is 101 Å². The molecule has 0 saturated heterocycles. The Morgan fingerprint density at radius 1 is 1.03 bits per heavy atom. The maximum Gasteiger partial charge on any atom is 0.119 e. The number of methoxy groups -OCH3 is 1. The number of hydrogen-bond donors (Lipinski definition) is 1. The Labute approximate surface area is 192 Å². The highest BCUT2D eigenvalue weighted by atomic mass is 16.5. The zero-order valence-corrected chi connectivity index (χ0v) is 19.3. The summed E-state index contributed by atoms with van der Waals surface area (Å²) in [6.07, 6.45) is 5.10. The van der Waals surface area contributed by atoms with Crippen LogP contribution in [0.3, 0.4) is 0 Å². The van der Waals surface area contributed by atoms with Gasteiger partial charge in [-0.15, -0.1) is 0 Å². The second kappa shape index (κ2) is 9.62. The van der Waals surface area contributed by atoms with E-state index in [1.165, 1.54) is 11.3 Å². The molecular formula is C29H33NO2. The Bertz CT molecular complexity index is 1080. The first-order chi connectivity index (χ1) is 15.5. The Morgan fingerprint density at radius 2 is 1.81 bits per heavy atom. The van der Waals surface area contributed by atoms with Gasteiger partial charge in [0.1, 0.15) is 11.4 Å². The van der Waals surface area contributed by atoms with Crippen molar-refractivity contribution in [1.29, 1.82) is 0 Å². The monoisotopic (exact) mass is 427 g/mol. The quantitative estimate of drug-likeness (QED) is 0.507. The van der Waals surface area contributed by atoms with E-state index in [0.29, 0.717) is 0 Å². The Balaban J connectivity index is 1.76. The zero-order chi connectivity index (χ0) is 22.6. The maximum absolute atomic E-state index is 12.4. The molecule has 32 heavy (non-hydrogen) atoms. The fourth-order valence-corrected chi connectivity index (χ4v) is 4.94. The number of hydrogen-bond acceptors (Lipinski definition) is 3. The van der Waals surface area contributed by atoms with Gasteiger partial charge in [0.25, 0.3) is 0 Å². The summed E-state index contributed by atoms with van der Waals surface area (Å²) in [5.41, 5.74) is 4.47. The first-order valence-corrected chi connectivity index (χ1v) is 11.4. The van der Waals surface area contributed by atoms with E-state index < -0.39 is 5.60 Å². The van der Waals surface area contributed by atoms with Crippen molar-refractivity contribution in [2.24, 2.45) is 5.92 Å². The van der Waals surface area contributed by atoms with Crippen molar-refractivity contribution in [3.63, 3.8) is 0 Å². The van der Waals surface area contributed by atoms with E-state index in [0.717, 1.165) is 48.3 Å². The first kappa shape index (κ1) is 22.2. The molecule has 3 heteroatoms. The van der Waals surface area contributed by atoms with Crippen molar-refractivity contribution >= 4 is 11.8 Å². The molecule has 1 saturated carbocycles. The van der Waals surface area contributed by atoms with Gasteiger partial charge in [-0.2, -0.15) is 0 Å². The van der Waals surface area contributed by atoms with Crippen molar-refractivity contribution in [2.75, 3.05) is 25.6 Å². The predicted octanol–water partition coefficient (Wildman–Crippen LogP) is 6.21. The normalized spacial score (nSPS) is 22.0. The molecule has 0 heterocycles. The molecule has 0 spiro atoms. The maximum atomic E-state index is 12.4. The van der Waals surface area contributed by atoms with Gasteiger partial charge in [0.2, 0.25) is 0 Å². The molecule has 4 rings (SSSR count). The van der Waals surface area contributed by atoms with Gasteiger partial charge in [-0.1, -0.05) is 60.7 Å². The van der Waals surface area contributed by atoms with Gasteiger partial charge in [-0.25, -0.2) is 0 Å². The topological polar surface area (TPSA) is 32.7 Å². The van der Waals surface area contributed by atoms with Crippen LogP contribution in [-0.4, -0.2) is 25.8 Å². The van der Waals surface area contributed by atoms with Gasteiger partial charge in [0, 0.05) is 25.2 Å². The van der Waals surface area contributed by atoms with Crippen molar-refractivity contribution in [1.82, 2.24) is 0 Å². The molecule has 3 aromatic rings. The lowest BCUT2D eigenvalue weighted by Gasteiger charge is -2.44. The summed E-state index contributed by atoms with van der Waals surface area (Å²) in [7, 11) is 3.80. The van der Waals surface area contributed by atoms with E-state index in [2.05, 4.69) is 61.3 Å². The van der Waals surface area contributed by atoms with E-state index in [9.17, 15) is 5.11 Å². The van der Waals surface area contributed by atoms with Crippen LogP contribution in [0.4, 0.5) is 5.69 Å². The van der Waals surface area contributed by atoms with Crippen LogP contribution in [0.1, 0.15) is 36.0 Å². The Kier molecular flexibility index (Phi) is 6.66. The number of nitrogens with zero attached hydrogens (tertiary/aromatic N) is 1. The fraction of sp³-hybridized carbons (Fsp3) is 0.310. The number of anilines is 1. The highest BCUT2D eigenvalue weighted by Crippen LogP contribution is 2.47. The molecule has 3 nitrogen and oxygen atoms in total. The molecule has 0 bridgehead atoms. The van der Waals surface area contributed by atoms with Crippen LogP contribution in [0.15, 0.2) is 84.4 Å². The Hall–Kier alpha value is -3.04. The highest BCUT2D eigenvalue weighted by molar-refractivity contribution is 5.58. The van der Waals surface area contributed by atoms with Gasteiger partial charge >= 0.3 is 0 Å². The lowest BCUT2D eigenvalue weighted by atomic mass is 9.67. The molecule has 0 aliphatic heterocycles. The summed E-state index contributed by atoms with van der Waals surface area (Å²) >= 11 is 0. The number of rotatable bonds is 6. The van der Waals surface area contributed by atoms with Crippen molar-refractivity contribution in [2.45, 2.75) is 31.8 Å². The second-order valence-corrected chi connectivity index (χ2v) is 8.89. The average molecular weight is 428 g/mol. The van der Waals surface area contributed by atoms with E-state index in [-0.39, 0.29) is 5.92 Å². The minimum Gasteiger partial charge on any atom is -0.497 e. The van der Waals surface area contributed by atoms with Crippen LogP contribution in [0.2, 0.25) is 0 Å². The number of aryl methyl sites for hydroxylation is 1. The summed E-state index contributed by atoms with van der Waals surface area (Å²) in [4.78, 5) is 2.27. The van der Waals surface area contributed by atoms with Gasteiger partial charge in [-0.05, 0) is 72.7 Å². The molecule has 3 aromatic carbocycles. The molecule has 1 aliphatic carbocycles. The minimum absolute atomic E-state index is 0.0591. The zero-order valence-electron chi connectivity index (χ0n) is 19.3. The minimum atomic E-state index is -1.05. The summed E-state index contributed by atoms with van der Waals surface area (Å²) in [5.74, 6) is 0.829. The van der Waals surface area contributed by atoms with Crippen molar-refractivity contribution < 1.29 is 9.84 Å². The van der Waals surface area contributed by atoms with Crippen LogP contribution in [-0.2, 0) is 5.60 Å². The molecule has 2 unspecified atom stereocenters. The van der Waals surface area contributed by atoms with Crippen LogP contribution in [0, 0.1) is 12.8 Å². The SMILES string of the molecule is COc1cccc(C2(O)/C(=C/c3ccccc3)CCCC2CN(C)c2cccc(C)c2)c1. The molecule has 166 valence electrons. The van der Waals surface area contributed by atoms with Gasteiger partial charge < -0.3 is 14.7 Å². The van der Waals surface area contributed by atoms with Crippen LogP contribution >= 0.6 is 0 Å². The molecule has 0 radical (unpaired) electrons. The molecule has 1 N–H and O–H groups in total. The summed E-state index contributed by atoms with van der Waals surface area (Å²) in [6, 6.07) is 26.8. The average Bonchev–Trinajstić information content (AvgIpc) is 2.82. The van der Waals surface area contributed by atoms with E-state index in [4.69, 9.17) is 4.74 Å². The van der Waals surface area contributed by atoms with E-state index in [1.54, 1.807) is 7.11 Å². The molecule has 0 amide bonds. The third-order valence-corrected chi connectivity index (χ3v) is 6.67. The third-order valence-electron chi connectivity index (χ3n) is 6.67. The van der Waals surface area contributed by atoms with E-state index in [1.807, 2.05) is 42.5 Å². The van der Waals surface area contributed by atoms with Gasteiger partial charge in [0.05, 0.1) is 7.11 Å². The van der Waals surface area contributed by atoms with Gasteiger partial charge in [0.15, 0.2) is 0 Å². The molecular weight excluding hydrogens is 394 g/mol. The second-order valence-electron chi connectivity index (χ2n) is 8.89. The standard InChI is InChI=1S/C29H33NO2/c1-22-10-7-16-27(18-22)30(2)21-26-15-8-13-24(19-23-11-5-4-6-12-23)29(26,31)25-14-9-17-28(20-25)32-3/h4-7,9-12,14,16-20,26,31H,8,13,15,21H2,1-3H3/b24-19+. The number of aliphatic hydroxyl groups is 1. The lowest BCUT2D eigenvalue weighted by Crippen LogP contribution is -2.45. The largest absolute Gasteiger partial charge is 0.497 e. The molecule has 2 atom stereocenters. The number of benzene rings is 3. The van der Waals surface area contributed by atoms with Crippen LogP contribution in [0.5, 0.6) is 5.75 Å². The molecule has 0 aromatic heterocycles. The summed E-state index contributed by atoms with van der Waals surface area (Å²) in [6.45, 7) is 2.88. The van der Waals surface area contributed by atoms with Crippen LogP contribution in [0.25, 0.3) is 6.08 Å². The fourth-order valence-electron chi connectivity index (χ4n) is 4.94. The number of ether oxygens (including phenoxy) is 1. The molecule has 1 fully saturated rings. The third kappa shape index (κ3) is 4.58. The van der Waals surface area contributed by atoms with E-state index >= 15 is 0 Å². The van der Waals surface area contributed by atoms with Gasteiger partial charge in [-0.3, -0.25) is 0 Å². The van der Waals surface area contributed by atoms with Crippen molar-refractivity contribution in [3.8, 4) is 5.75 Å². The Morgan fingerprint density at radius 3 is 2.56 bits per heavy atom. The summed E-state index contributed by atoms with van der Waals surface area (Å²) < 4.78 is 5.50. The smallest absolute Gasteiger partial charge is 0.119 e. The van der Waals surface area contributed by atoms with Crippen LogP contribution < -0.4 is 9.64 Å². The highest BCUT2D eigenvalue weighted by Gasteiger charge is 2.44. The molecule has 1 aliphatic rings. The first-order valence-electron chi connectivity index (χ1n) is 11.4. The summed E-state index contributed by atoms with van der Waals surface area (Å²) in [5, 5.41) is 12.4. The lowest BCUT2D eigenvalue weighted by molar-refractivity contribution is -0.00408. The predicted molar refractivity (Wildman–Crippen MR) is 133 cm³/mol.